The molecule has 1 aliphatic heterocycles. The molecule has 1 saturated heterocycles. The summed E-state index contributed by atoms with van der Waals surface area (Å²) in [7, 11) is 2.08. The van der Waals surface area contributed by atoms with Crippen molar-refractivity contribution in [1.82, 2.24) is 9.88 Å². The third-order valence-corrected chi connectivity index (χ3v) is 3.51. The van der Waals surface area contributed by atoms with E-state index in [0.717, 1.165) is 25.4 Å². The quantitative estimate of drug-likeness (QED) is 0.873. The van der Waals surface area contributed by atoms with Gasteiger partial charge in [-0.1, -0.05) is 0 Å². The highest BCUT2D eigenvalue weighted by Gasteiger charge is 2.17. The average molecular weight is 230 g/mol. The number of benzene rings is 1. The van der Waals surface area contributed by atoms with Gasteiger partial charge < -0.3 is 14.6 Å². The first-order valence-electron chi connectivity index (χ1n) is 6.13. The smallest absolute Gasteiger partial charge is 0.121 e. The molecule has 3 heteroatoms. The van der Waals surface area contributed by atoms with E-state index >= 15 is 0 Å². The molecule has 3 nitrogen and oxygen atoms in total. The molecule has 1 aliphatic rings. The minimum Gasteiger partial charge on any atom is -0.493 e. The zero-order valence-corrected chi connectivity index (χ0v) is 10.4. The summed E-state index contributed by atoms with van der Waals surface area (Å²) >= 11 is 0. The fourth-order valence-corrected chi connectivity index (χ4v) is 2.34. The summed E-state index contributed by atoms with van der Waals surface area (Å²) in [6.45, 7) is 5.14. The van der Waals surface area contributed by atoms with Crippen molar-refractivity contribution >= 4 is 10.9 Å². The van der Waals surface area contributed by atoms with Crippen molar-refractivity contribution < 1.29 is 4.74 Å². The first kappa shape index (κ1) is 10.7. The Balaban J connectivity index is 1.82. The zero-order valence-electron chi connectivity index (χ0n) is 10.4. The van der Waals surface area contributed by atoms with E-state index < -0.39 is 0 Å². The first-order valence-corrected chi connectivity index (χ1v) is 6.13. The molecular formula is C14H18N2O. The minimum atomic E-state index is 0.681. The van der Waals surface area contributed by atoms with Crippen molar-refractivity contribution in [3.63, 3.8) is 0 Å². The lowest BCUT2D eigenvalue weighted by Crippen LogP contribution is -2.45. The Morgan fingerprint density at radius 3 is 2.94 bits per heavy atom. The van der Waals surface area contributed by atoms with Gasteiger partial charge in [0, 0.05) is 43.7 Å². The Kier molecular flexibility index (Phi) is 2.56. The molecule has 0 radical (unpaired) electrons. The SMILES string of the molecule is Cc1cn(C)c2cc(OCC3CNC3)ccc12. The number of aromatic nitrogens is 1. The van der Waals surface area contributed by atoms with Crippen LogP contribution in [0.1, 0.15) is 5.56 Å². The van der Waals surface area contributed by atoms with Crippen molar-refractivity contribution in [2.75, 3.05) is 19.7 Å². The van der Waals surface area contributed by atoms with Gasteiger partial charge in [-0.3, -0.25) is 0 Å². The molecular weight excluding hydrogens is 212 g/mol. The summed E-state index contributed by atoms with van der Waals surface area (Å²) in [6, 6.07) is 6.36. The molecule has 0 amide bonds. The van der Waals surface area contributed by atoms with Crippen LogP contribution in [-0.4, -0.2) is 24.3 Å². The summed E-state index contributed by atoms with van der Waals surface area (Å²) in [5, 5.41) is 4.57. The van der Waals surface area contributed by atoms with Crippen LogP contribution in [-0.2, 0) is 7.05 Å². The number of rotatable bonds is 3. The van der Waals surface area contributed by atoms with E-state index in [1.165, 1.54) is 16.5 Å². The Labute approximate surface area is 101 Å². The largest absolute Gasteiger partial charge is 0.493 e. The Morgan fingerprint density at radius 2 is 2.24 bits per heavy atom. The second kappa shape index (κ2) is 4.08. The Morgan fingerprint density at radius 1 is 1.41 bits per heavy atom. The van der Waals surface area contributed by atoms with Gasteiger partial charge in [0.25, 0.3) is 0 Å². The minimum absolute atomic E-state index is 0.681. The fraction of sp³-hybridized carbons (Fsp3) is 0.429. The van der Waals surface area contributed by atoms with E-state index in [1.807, 2.05) is 0 Å². The molecule has 0 atom stereocenters. The van der Waals surface area contributed by atoms with E-state index in [-0.39, 0.29) is 0 Å². The monoisotopic (exact) mass is 230 g/mol. The van der Waals surface area contributed by atoms with Gasteiger partial charge in [0.1, 0.15) is 5.75 Å². The number of ether oxygens (including phenoxy) is 1. The molecule has 2 heterocycles. The highest BCUT2D eigenvalue weighted by Crippen LogP contribution is 2.25. The van der Waals surface area contributed by atoms with Gasteiger partial charge in [0.2, 0.25) is 0 Å². The topological polar surface area (TPSA) is 26.2 Å². The second-order valence-electron chi connectivity index (χ2n) is 4.94. The summed E-state index contributed by atoms with van der Waals surface area (Å²) in [5.41, 5.74) is 2.56. The molecule has 3 rings (SSSR count). The van der Waals surface area contributed by atoms with Crippen molar-refractivity contribution in [3.05, 3.63) is 30.0 Å². The fourth-order valence-electron chi connectivity index (χ4n) is 2.34. The van der Waals surface area contributed by atoms with Gasteiger partial charge in [-0.25, -0.2) is 0 Å². The third kappa shape index (κ3) is 1.91. The molecule has 0 bridgehead atoms. The number of hydrogen-bond acceptors (Lipinski definition) is 2. The van der Waals surface area contributed by atoms with Gasteiger partial charge >= 0.3 is 0 Å². The average Bonchev–Trinajstić information content (AvgIpc) is 2.53. The molecule has 90 valence electrons. The van der Waals surface area contributed by atoms with E-state index in [2.05, 4.69) is 48.3 Å². The van der Waals surface area contributed by atoms with Crippen LogP contribution in [0.3, 0.4) is 0 Å². The second-order valence-corrected chi connectivity index (χ2v) is 4.94. The van der Waals surface area contributed by atoms with Gasteiger partial charge in [0.15, 0.2) is 0 Å². The number of nitrogens with zero attached hydrogens (tertiary/aromatic N) is 1. The molecule has 0 aliphatic carbocycles. The van der Waals surface area contributed by atoms with E-state index in [0.29, 0.717) is 5.92 Å². The summed E-state index contributed by atoms with van der Waals surface area (Å²) in [6.07, 6.45) is 2.16. The van der Waals surface area contributed by atoms with E-state index in [1.54, 1.807) is 0 Å². The van der Waals surface area contributed by atoms with Crippen LogP contribution in [0, 0.1) is 12.8 Å². The van der Waals surface area contributed by atoms with E-state index in [4.69, 9.17) is 4.74 Å². The van der Waals surface area contributed by atoms with Crippen LogP contribution in [0.5, 0.6) is 5.75 Å². The summed E-state index contributed by atoms with van der Waals surface area (Å²) in [4.78, 5) is 0. The number of aryl methyl sites for hydroxylation is 2. The Bertz CT molecular complexity index is 540. The van der Waals surface area contributed by atoms with Crippen molar-refractivity contribution in [2.24, 2.45) is 13.0 Å². The third-order valence-electron chi connectivity index (χ3n) is 3.51. The number of hydrogen-bond donors (Lipinski definition) is 1. The Hall–Kier alpha value is -1.48. The lowest BCUT2D eigenvalue weighted by atomic mass is 10.1. The first-order chi connectivity index (χ1) is 8.24. The van der Waals surface area contributed by atoms with E-state index in [9.17, 15) is 0 Å². The van der Waals surface area contributed by atoms with Crippen LogP contribution >= 0.6 is 0 Å². The van der Waals surface area contributed by atoms with Crippen LogP contribution in [0.15, 0.2) is 24.4 Å². The molecule has 1 aromatic heterocycles. The molecule has 0 unspecified atom stereocenters. The lowest BCUT2D eigenvalue weighted by molar-refractivity contribution is 0.199. The predicted octanol–water partition coefficient (Wildman–Crippen LogP) is 2.08. The molecule has 1 N–H and O–H groups in total. The summed E-state index contributed by atoms with van der Waals surface area (Å²) < 4.78 is 7.98. The number of nitrogens with one attached hydrogen (secondary N) is 1. The van der Waals surface area contributed by atoms with Crippen molar-refractivity contribution in [3.8, 4) is 5.75 Å². The maximum absolute atomic E-state index is 5.83. The van der Waals surface area contributed by atoms with Crippen LogP contribution in [0.2, 0.25) is 0 Å². The predicted molar refractivity (Wildman–Crippen MR) is 69.5 cm³/mol. The highest BCUT2D eigenvalue weighted by atomic mass is 16.5. The molecule has 1 fully saturated rings. The van der Waals surface area contributed by atoms with Crippen LogP contribution < -0.4 is 10.1 Å². The number of fused-ring (bicyclic) bond motifs is 1. The highest BCUT2D eigenvalue weighted by molar-refractivity contribution is 5.84. The molecule has 2 aromatic rings. The lowest BCUT2D eigenvalue weighted by Gasteiger charge is -2.26. The summed E-state index contributed by atoms with van der Waals surface area (Å²) in [5.74, 6) is 1.66. The van der Waals surface area contributed by atoms with Crippen molar-refractivity contribution in [2.45, 2.75) is 6.92 Å². The van der Waals surface area contributed by atoms with Gasteiger partial charge in [0.05, 0.1) is 12.1 Å². The van der Waals surface area contributed by atoms with Crippen LogP contribution in [0.25, 0.3) is 10.9 Å². The molecule has 1 aromatic carbocycles. The van der Waals surface area contributed by atoms with Gasteiger partial charge in [-0.15, -0.1) is 0 Å². The van der Waals surface area contributed by atoms with Crippen molar-refractivity contribution in [1.29, 1.82) is 0 Å². The standard InChI is InChI=1S/C14H18N2O/c1-10-8-16(2)14-5-12(3-4-13(10)14)17-9-11-6-15-7-11/h3-5,8,11,15H,6-7,9H2,1-2H3. The maximum atomic E-state index is 5.83. The normalized spacial score (nSPS) is 16.1. The van der Waals surface area contributed by atoms with Gasteiger partial charge in [-0.2, -0.15) is 0 Å². The van der Waals surface area contributed by atoms with Crippen LogP contribution in [0.4, 0.5) is 0 Å². The molecule has 17 heavy (non-hydrogen) atoms. The molecule has 0 spiro atoms. The maximum Gasteiger partial charge on any atom is 0.121 e. The molecule has 0 saturated carbocycles. The zero-order chi connectivity index (χ0) is 11.8. The van der Waals surface area contributed by atoms with Gasteiger partial charge in [-0.05, 0) is 24.6 Å².